The van der Waals surface area contributed by atoms with Crippen LogP contribution in [0.25, 0.3) is 0 Å². The summed E-state index contributed by atoms with van der Waals surface area (Å²) < 4.78 is 12.1. The molecule has 0 radical (unpaired) electrons. The van der Waals surface area contributed by atoms with Crippen molar-refractivity contribution in [3.8, 4) is 5.75 Å². The summed E-state index contributed by atoms with van der Waals surface area (Å²) in [6.45, 7) is 18.7. The molecule has 0 bridgehead atoms. The van der Waals surface area contributed by atoms with Gasteiger partial charge in [-0.1, -0.05) is 52.8 Å². The third kappa shape index (κ3) is 4.52. The maximum atomic E-state index is 6.10. The zero-order chi connectivity index (χ0) is 24.9. The quantitative estimate of drug-likeness (QED) is 0.378. The Labute approximate surface area is 209 Å². The summed E-state index contributed by atoms with van der Waals surface area (Å²) in [6.07, 6.45) is 12.0. The average Bonchev–Trinajstić information content (AvgIpc) is 3.34. The van der Waals surface area contributed by atoms with Crippen molar-refractivity contribution in [3.63, 3.8) is 0 Å². The Morgan fingerprint density at radius 3 is 2.18 bits per heavy atom. The highest BCUT2D eigenvalue weighted by Crippen LogP contribution is 2.49. The van der Waals surface area contributed by atoms with Crippen LogP contribution in [-0.2, 0) is 22.0 Å². The van der Waals surface area contributed by atoms with Gasteiger partial charge in [0.15, 0.2) is 0 Å². The van der Waals surface area contributed by atoms with E-state index in [4.69, 9.17) is 9.47 Å². The SMILES string of the molecule is C=C(C[C@H]1CC[C@@H](Cc2cc3c(cc2OC)C(C)(C)CCC3(C)C)C1)C1(OC)C=C(C)CC1C. The Morgan fingerprint density at radius 1 is 1.00 bits per heavy atom. The first-order chi connectivity index (χ1) is 15.9. The van der Waals surface area contributed by atoms with Gasteiger partial charge in [-0.3, -0.25) is 0 Å². The molecule has 34 heavy (non-hydrogen) atoms. The normalized spacial score (nSPS) is 31.8. The number of rotatable bonds is 7. The molecule has 0 amide bonds. The Kier molecular flexibility index (Phi) is 6.88. The van der Waals surface area contributed by atoms with Crippen LogP contribution in [0.1, 0.15) is 103 Å². The van der Waals surface area contributed by atoms with Gasteiger partial charge < -0.3 is 9.47 Å². The van der Waals surface area contributed by atoms with Crippen molar-refractivity contribution in [2.75, 3.05) is 14.2 Å². The molecule has 2 nitrogen and oxygen atoms in total. The molecule has 0 aliphatic heterocycles. The van der Waals surface area contributed by atoms with Gasteiger partial charge in [0.2, 0.25) is 0 Å². The second-order valence-corrected chi connectivity index (χ2v) is 13.1. The number of ether oxygens (including phenoxy) is 2. The van der Waals surface area contributed by atoms with Gasteiger partial charge in [0.25, 0.3) is 0 Å². The van der Waals surface area contributed by atoms with E-state index in [1.807, 2.05) is 14.2 Å². The second-order valence-electron chi connectivity index (χ2n) is 13.1. The standard InChI is InChI=1S/C32H48O2/c1-21-14-22(2)32(20-21,34-9)23(3)15-24-10-11-25(16-24)17-26-18-27-28(19-29(26)33-8)31(6,7)13-12-30(27,4)5/h18-20,22,24-25H,3,10-17H2,1-2,4-9H3/t22?,24-,25-,32?/m1/s1. The fourth-order valence-electron chi connectivity index (χ4n) is 7.41. The predicted octanol–water partition coefficient (Wildman–Crippen LogP) is 8.32. The van der Waals surface area contributed by atoms with Gasteiger partial charge in [0.1, 0.15) is 11.4 Å². The van der Waals surface area contributed by atoms with Crippen molar-refractivity contribution in [2.24, 2.45) is 17.8 Å². The van der Waals surface area contributed by atoms with Gasteiger partial charge >= 0.3 is 0 Å². The lowest BCUT2D eigenvalue weighted by Crippen LogP contribution is -2.36. The molecule has 0 heterocycles. The highest BCUT2D eigenvalue weighted by atomic mass is 16.5. The molecule has 1 aromatic rings. The van der Waals surface area contributed by atoms with Crippen molar-refractivity contribution < 1.29 is 9.47 Å². The van der Waals surface area contributed by atoms with E-state index >= 15 is 0 Å². The highest BCUT2D eigenvalue weighted by molar-refractivity contribution is 5.50. The molecule has 4 atom stereocenters. The third-order valence-corrected chi connectivity index (χ3v) is 9.66. The minimum atomic E-state index is -0.262. The smallest absolute Gasteiger partial charge is 0.122 e. The molecule has 188 valence electrons. The van der Waals surface area contributed by atoms with E-state index in [-0.39, 0.29) is 16.4 Å². The van der Waals surface area contributed by atoms with Gasteiger partial charge in [0.05, 0.1) is 7.11 Å². The van der Waals surface area contributed by atoms with E-state index in [9.17, 15) is 0 Å². The van der Waals surface area contributed by atoms with E-state index in [0.717, 1.165) is 30.9 Å². The molecule has 3 aliphatic rings. The van der Waals surface area contributed by atoms with Gasteiger partial charge in [-0.15, -0.1) is 0 Å². The molecule has 1 aromatic carbocycles. The molecule has 1 saturated carbocycles. The first-order valence-corrected chi connectivity index (χ1v) is 13.6. The number of hydrogen-bond acceptors (Lipinski definition) is 2. The summed E-state index contributed by atoms with van der Waals surface area (Å²) in [7, 11) is 3.70. The van der Waals surface area contributed by atoms with Crippen LogP contribution in [-0.4, -0.2) is 19.8 Å². The third-order valence-electron chi connectivity index (χ3n) is 9.66. The van der Waals surface area contributed by atoms with E-state index in [2.05, 4.69) is 66.3 Å². The molecule has 0 spiro atoms. The summed E-state index contributed by atoms with van der Waals surface area (Å²) >= 11 is 0. The molecule has 1 fully saturated rings. The Morgan fingerprint density at radius 2 is 1.62 bits per heavy atom. The maximum Gasteiger partial charge on any atom is 0.122 e. The van der Waals surface area contributed by atoms with Crippen molar-refractivity contribution in [1.29, 1.82) is 0 Å². The van der Waals surface area contributed by atoms with E-state index in [1.54, 1.807) is 5.56 Å². The molecular weight excluding hydrogens is 416 g/mol. The Balaban J connectivity index is 1.48. The van der Waals surface area contributed by atoms with Crippen LogP contribution in [0.15, 0.2) is 35.9 Å². The van der Waals surface area contributed by atoms with Crippen molar-refractivity contribution >= 4 is 0 Å². The Bertz CT molecular complexity index is 965. The molecule has 2 unspecified atom stereocenters. The predicted molar refractivity (Wildman–Crippen MR) is 144 cm³/mol. The van der Waals surface area contributed by atoms with Crippen LogP contribution in [0, 0.1) is 17.8 Å². The monoisotopic (exact) mass is 464 g/mol. The van der Waals surface area contributed by atoms with Crippen LogP contribution in [0.4, 0.5) is 0 Å². The fourth-order valence-corrected chi connectivity index (χ4v) is 7.41. The largest absolute Gasteiger partial charge is 0.496 e. The number of allylic oxidation sites excluding steroid dienone is 1. The van der Waals surface area contributed by atoms with E-state index in [0.29, 0.717) is 11.8 Å². The second kappa shape index (κ2) is 9.16. The van der Waals surface area contributed by atoms with Crippen molar-refractivity contribution in [2.45, 2.75) is 109 Å². The Hall–Kier alpha value is -1.54. The number of methoxy groups -OCH3 is 2. The zero-order valence-electron chi connectivity index (χ0n) is 23.1. The topological polar surface area (TPSA) is 18.5 Å². The molecule has 3 aliphatic carbocycles. The minimum Gasteiger partial charge on any atom is -0.496 e. The van der Waals surface area contributed by atoms with Crippen LogP contribution >= 0.6 is 0 Å². The summed E-state index contributed by atoms with van der Waals surface area (Å²) in [5.41, 5.74) is 7.35. The zero-order valence-corrected chi connectivity index (χ0v) is 23.1. The van der Waals surface area contributed by atoms with E-state index < -0.39 is 0 Å². The van der Waals surface area contributed by atoms with Gasteiger partial charge in [-0.25, -0.2) is 0 Å². The first-order valence-electron chi connectivity index (χ1n) is 13.6. The number of hydrogen-bond donors (Lipinski definition) is 0. The fraction of sp³-hybridized carbons (Fsp3) is 0.688. The minimum absolute atomic E-state index is 0.219. The first kappa shape index (κ1) is 25.5. The van der Waals surface area contributed by atoms with Gasteiger partial charge in [-0.05, 0) is 121 Å². The van der Waals surface area contributed by atoms with Crippen LogP contribution in [0.3, 0.4) is 0 Å². The lowest BCUT2D eigenvalue weighted by Gasteiger charge is -2.42. The van der Waals surface area contributed by atoms with Crippen LogP contribution < -0.4 is 4.74 Å². The van der Waals surface area contributed by atoms with Crippen molar-refractivity contribution in [1.82, 2.24) is 0 Å². The van der Waals surface area contributed by atoms with Crippen molar-refractivity contribution in [3.05, 3.63) is 52.6 Å². The van der Waals surface area contributed by atoms with Crippen LogP contribution in [0.5, 0.6) is 5.75 Å². The number of fused-ring (bicyclic) bond motifs is 1. The maximum absolute atomic E-state index is 6.10. The molecule has 2 heteroatoms. The average molecular weight is 465 g/mol. The summed E-state index contributed by atoms with van der Waals surface area (Å²) in [6, 6.07) is 4.88. The lowest BCUT2D eigenvalue weighted by molar-refractivity contribution is 0.0243. The molecule has 0 N–H and O–H groups in total. The molecule has 0 saturated heterocycles. The van der Waals surface area contributed by atoms with Gasteiger partial charge in [-0.2, -0.15) is 0 Å². The molecular formula is C32H48O2. The van der Waals surface area contributed by atoms with E-state index in [1.165, 1.54) is 54.4 Å². The lowest BCUT2D eigenvalue weighted by atomic mass is 9.62. The summed E-state index contributed by atoms with van der Waals surface area (Å²) in [5.74, 6) is 3.01. The summed E-state index contributed by atoms with van der Waals surface area (Å²) in [4.78, 5) is 0. The highest BCUT2D eigenvalue weighted by Gasteiger charge is 2.42. The summed E-state index contributed by atoms with van der Waals surface area (Å²) in [5, 5.41) is 0. The van der Waals surface area contributed by atoms with Crippen LogP contribution in [0.2, 0.25) is 0 Å². The number of benzene rings is 1. The molecule has 4 rings (SSSR count). The van der Waals surface area contributed by atoms with Gasteiger partial charge in [0, 0.05) is 7.11 Å². The molecule has 0 aromatic heterocycles.